The molecule has 1 heterocycles. The van der Waals surface area contributed by atoms with Crippen LogP contribution in [0.4, 0.5) is 0 Å². The van der Waals surface area contributed by atoms with Crippen molar-refractivity contribution in [1.82, 2.24) is 5.32 Å². The maximum atomic E-state index is 5.55. The Morgan fingerprint density at radius 1 is 1.33 bits per heavy atom. The number of furan rings is 1. The van der Waals surface area contributed by atoms with Crippen molar-refractivity contribution in [3.63, 3.8) is 0 Å². The summed E-state index contributed by atoms with van der Waals surface area (Å²) in [5.41, 5.74) is 0. The normalized spacial score (nSPS) is 26.8. The van der Waals surface area contributed by atoms with E-state index in [1.54, 1.807) is 0 Å². The highest BCUT2D eigenvalue weighted by Crippen LogP contribution is 2.24. The van der Waals surface area contributed by atoms with Crippen LogP contribution in [0.25, 0.3) is 0 Å². The molecule has 0 amide bonds. The van der Waals surface area contributed by atoms with Crippen molar-refractivity contribution in [3.8, 4) is 0 Å². The average molecular weight is 207 g/mol. The lowest BCUT2D eigenvalue weighted by molar-refractivity contribution is 0.272. The summed E-state index contributed by atoms with van der Waals surface area (Å²) in [6.45, 7) is 5.22. The molecule has 2 nitrogen and oxygen atoms in total. The van der Waals surface area contributed by atoms with E-state index in [9.17, 15) is 0 Å². The monoisotopic (exact) mass is 207 g/mol. The first-order valence-electron chi connectivity index (χ1n) is 6.04. The second-order valence-corrected chi connectivity index (χ2v) is 4.76. The van der Waals surface area contributed by atoms with Crippen molar-refractivity contribution in [2.45, 2.75) is 52.1 Å². The van der Waals surface area contributed by atoms with Crippen LogP contribution in [-0.2, 0) is 6.54 Å². The minimum Gasteiger partial charge on any atom is -0.465 e. The van der Waals surface area contributed by atoms with Crippen LogP contribution in [0.15, 0.2) is 16.5 Å². The van der Waals surface area contributed by atoms with Gasteiger partial charge in [0.15, 0.2) is 0 Å². The predicted octanol–water partition coefficient (Wildman–Crippen LogP) is 3.26. The Balaban J connectivity index is 1.81. The zero-order valence-corrected chi connectivity index (χ0v) is 9.75. The minimum absolute atomic E-state index is 0.684. The first kappa shape index (κ1) is 10.7. The van der Waals surface area contributed by atoms with Crippen molar-refractivity contribution in [2.24, 2.45) is 5.92 Å². The molecular formula is C13H21NO. The molecule has 0 bridgehead atoms. The molecule has 2 atom stereocenters. The Labute approximate surface area is 92.1 Å². The number of aryl methyl sites for hydroxylation is 1. The summed E-state index contributed by atoms with van der Waals surface area (Å²) in [4.78, 5) is 0. The summed E-state index contributed by atoms with van der Waals surface area (Å²) in [6, 6.07) is 4.78. The lowest BCUT2D eigenvalue weighted by Gasteiger charge is -2.29. The second-order valence-electron chi connectivity index (χ2n) is 4.76. The third-order valence-electron chi connectivity index (χ3n) is 3.45. The molecule has 0 spiro atoms. The molecule has 1 aliphatic carbocycles. The van der Waals surface area contributed by atoms with Crippen LogP contribution in [0.1, 0.15) is 44.1 Å². The lowest BCUT2D eigenvalue weighted by Crippen LogP contribution is -2.36. The van der Waals surface area contributed by atoms with Crippen LogP contribution in [0.5, 0.6) is 0 Å². The Hall–Kier alpha value is -0.760. The second kappa shape index (κ2) is 4.84. The zero-order chi connectivity index (χ0) is 10.7. The van der Waals surface area contributed by atoms with Gasteiger partial charge in [0.2, 0.25) is 0 Å². The van der Waals surface area contributed by atoms with Crippen LogP contribution < -0.4 is 5.32 Å². The molecule has 1 fully saturated rings. The van der Waals surface area contributed by atoms with E-state index in [1.165, 1.54) is 25.7 Å². The Morgan fingerprint density at radius 2 is 2.13 bits per heavy atom. The van der Waals surface area contributed by atoms with Crippen LogP contribution >= 0.6 is 0 Å². The van der Waals surface area contributed by atoms with E-state index in [2.05, 4.69) is 18.3 Å². The summed E-state index contributed by atoms with van der Waals surface area (Å²) in [7, 11) is 0. The highest BCUT2D eigenvalue weighted by molar-refractivity contribution is 5.05. The average Bonchev–Trinajstić information content (AvgIpc) is 2.63. The molecule has 1 aromatic rings. The molecule has 2 heteroatoms. The van der Waals surface area contributed by atoms with E-state index in [4.69, 9.17) is 4.42 Å². The molecule has 1 saturated carbocycles. The Kier molecular flexibility index (Phi) is 3.47. The molecule has 84 valence electrons. The van der Waals surface area contributed by atoms with Gasteiger partial charge in [-0.25, -0.2) is 0 Å². The van der Waals surface area contributed by atoms with Gasteiger partial charge in [0.05, 0.1) is 6.54 Å². The van der Waals surface area contributed by atoms with E-state index in [1.807, 2.05) is 13.0 Å². The molecule has 1 aromatic heterocycles. The summed E-state index contributed by atoms with van der Waals surface area (Å²) in [5.74, 6) is 2.88. The van der Waals surface area contributed by atoms with E-state index < -0.39 is 0 Å². The van der Waals surface area contributed by atoms with Gasteiger partial charge in [-0.2, -0.15) is 0 Å². The lowest BCUT2D eigenvalue weighted by atomic mass is 9.86. The van der Waals surface area contributed by atoms with Crippen LogP contribution in [0.2, 0.25) is 0 Å². The molecule has 1 aliphatic rings. The minimum atomic E-state index is 0.684. The van der Waals surface area contributed by atoms with E-state index in [-0.39, 0.29) is 0 Å². The SMILES string of the molecule is Cc1ccc(CN[C@@H]2CCCC[C@H]2C)o1. The fraction of sp³-hybridized carbons (Fsp3) is 0.692. The number of rotatable bonds is 3. The smallest absolute Gasteiger partial charge is 0.117 e. The standard InChI is InChI=1S/C13H21NO/c1-10-5-3-4-6-13(10)14-9-12-8-7-11(2)15-12/h7-8,10,13-14H,3-6,9H2,1-2H3/t10-,13-/m1/s1. The molecule has 15 heavy (non-hydrogen) atoms. The van der Waals surface area contributed by atoms with Crippen molar-refractivity contribution in [1.29, 1.82) is 0 Å². The quantitative estimate of drug-likeness (QED) is 0.823. The molecular weight excluding hydrogens is 186 g/mol. The zero-order valence-electron chi connectivity index (χ0n) is 9.75. The van der Waals surface area contributed by atoms with Gasteiger partial charge in [-0.1, -0.05) is 19.8 Å². The summed E-state index contributed by atoms with van der Waals surface area (Å²) in [5, 5.41) is 3.61. The van der Waals surface area contributed by atoms with E-state index in [0.29, 0.717) is 6.04 Å². The van der Waals surface area contributed by atoms with Crippen LogP contribution in [-0.4, -0.2) is 6.04 Å². The first-order chi connectivity index (χ1) is 7.25. The maximum absolute atomic E-state index is 5.55. The number of hydrogen-bond donors (Lipinski definition) is 1. The fourth-order valence-electron chi connectivity index (χ4n) is 2.43. The topological polar surface area (TPSA) is 25.2 Å². The third kappa shape index (κ3) is 2.85. The van der Waals surface area contributed by atoms with Gasteiger partial charge in [0, 0.05) is 6.04 Å². The number of hydrogen-bond acceptors (Lipinski definition) is 2. The first-order valence-corrected chi connectivity index (χ1v) is 6.04. The third-order valence-corrected chi connectivity index (χ3v) is 3.45. The van der Waals surface area contributed by atoms with Gasteiger partial charge >= 0.3 is 0 Å². The Morgan fingerprint density at radius 3 is 2.80 bits per heavy atom. The van der Waals surface area contributed by atoms with E-state index in [0.717, 1.165) is 24.0 Å². The van der Waals surface area contributed by atoms with Crippen molar-refractivity contribution in [3.05, 3.63) is 23.7 Å². The van der Waals surface area contributed by atoms with E-state index >= 15 is 0 Å². The van der Waals surface area contributed by atoms with Gasteiger partial charge in [0.1, 0.15) is 11.5 Å². The van der Waals surface area contributed by atoms with Crippen LogP contribution in [0, 0.1) is 12.8 Å². The summed E-state index contributed by atoms with van der Waals surface area (Å²) >= 11 is 0. The molecule has 1 N–H and O–H groups in total. The summed E-state index contributed by atoms with van der Waals surface area (Å²) < 4.78 is 5.55. The highest BCUT2D eigenvalue weighted by atomic mass is 16.3. The molecule has 0 aromatic carbocycles. The maximum Gasteiger partial charge on any atom is 0.117 e. The fourth-order valence-corrected chi connectivity index (χ4v) is 2.43. The van der Waals surface area contributed by atoms with Gasteiger partial charge in [-0.05, 0) is 37.8 Å². The Bertz CT molecular complexity index is 305. The van der Waals surface area contributed by atoms with Gasteiger partial charge in [-0.15, -0.1) is 0 Å². The largest absolute Gasteiger partial charge is 0.465 e. The van der Waals surface area contributed by atoms with Gasteiger partial charge in [-0.3, -0.25) is 0 Å². The highest BCUT2D eigenvalue weighted by Gasteiger charge is 2.20. The van der Waals surface area contributed by atoms with Gasteiger partial charge < -0.3 is 9.73 Å². The van der Waals surface area contributed by atoms with Crippen LogP contribution in [0.3, 0.4) is 0 Å². The van der Waals surface area contributed by atoms with Gasteiger partial charge in [0.25, 0.3) is 0 Å². The predicted molar refractivity (Wildman–Crippen MR) is 61.7 cm³/mol. The number of nitrogens with one attached hydrogen (secondary N) is 1. The molecule has 0 aliphatic heterocycles. The molecule has 2 rings (SSSR count). The molecule has 0 saturated heterocycles. The van der Waals surface area contributed by atoms with Crippen molar-refractivity contribution >= 4 is 0 Å². The molecule has 0 unspecified atom stereocenters. The molecule has 0 radical (unpaired) electrons. The van der Waals surface area contributed by atoms with Crippen molar-refractivity contribution in [2.75, 3.05) is 0 Å². The van der Waals surface area contributed by atoms with Crippen molar-refractivity contribution < 1.29 is 4.42 Å². The summed E-state index contributed by atoms with van der Waals surface area (Å²) in [6.07, 6.45) is 5.47.